The van der Waals surface area contributed by atoms with Gasteiger partial charge in [0.25, 0.3) is 5.91 Å². The molecule has 0 aliphatic rings. The van der Waals surface area contributed by atoms with Gasteiger partial charge in [-0.1, -0.05) is 42.5 Å². The standard InChI is InChI=1S/C25H23NO5/c1-17(2)31-20-14-12-19(13-15-20)25(29)30-16-23(27)26-22-11-7-6-10-21(22)24(28)18-8-4-3-5-9-18/h3-15,17H,16H2,1-2H3,(H,26,27). The number of carbonyl (C=O) groups excluding carboxylic acids is 3. The Morgan fingerprint density at radius 2 is 1.45 bits per heavy atom. The fourth-order valence-corrected chi connectivity index (χ4v) is 2.88. The molecule has 31 heavy (non-hydrogen) atoms. The zero-order valence-corrected chi connectivity index (χ0v) is 17.3. The van der Waals surface area contributed by atoms with Gasteiger partial charge in [0.2, 0.25) is 0 Å². The molecule has 6 heteroatoms. The second-order valence-electron chi connectivity index (χ2n) is 7.06. The third-order valence-corrected chi connectivity index (χ3v) is 4.28. The molecule has 0 bridgehead atoms. The van der Waals surface area contributed by atoms with Crippen LogP contribution in [0.2, 0.25) is 0 Å². The lowest BCUT2D eigenvalue weighted by Gasteiger charge is -2.11. The number of rotatable bonds is 8. The van der Waals surface area contributed by atoms with E-state index >= 15 is 0 Å². The molecule has 0 aliphatic heterocycles. The molecule has 0 saturated heterocycles. The summed E-state index contributed by atoms with van der Waals surface area (Å²) in [6.07, 6.45) is 0.0261. The minimum absolute atomic E-state index is 0.0261. The third-order valence-electron chi connectivity index (χ3n) is 4.28. The molecule has 0 unspecified atom stereocenters. The van der Waals surface area contributed by atoms with Gasteiger partial charge in [-0.25, -0.2) is 4.79 Å². The molecule has 1 N–H and O–H groups in total. The van der Waals surface area contributed by atoms with Crippen LogP contribution in [0.3, 0.4) is 0 Å². The quantitative estimate of drug-likeness (QED) is 0.431. The van der Waals surface area contributed by atoms with E-state index < -0.39 is 18.5 Å². The molecule has 0 aromatic heterocycles. The van der Waals surface area contributed by atoms with Crippen LogP contribution in [0.25, 0.3) is 0 Å². The maximum atomic E-state index is 12.7. The van der Waals surface area contributed by atoms with Crippen LogP contribution in [0, 0.1) is 0 Å². The molecule has 0 radical (unpaired) electrons. The molecule has 3 aromatic carbocycles. The number of para-hydroxylation sites is 1. The molecule has 0 atom stereocenters. The maximum absolute atomic E-state index is 12.7. The molecular weight excluding hydrogens is 394 g/mol. The SMILES string of the molecule is CC(C)Oc1ccc(C(=O)OCC(=O)Nc2ccccc2C(=O)c2ccccc2)cc1. The number of ketones is 1. The molecule has 0 fully saturated rings. The van der Waals surface area contributed by atoms with Crippen LogP contribution in [-0.4, -0.2) is 30.4 Å². The van der Waals surface area contributed by atoms with Crippen LogP contribution in [-0.2, 0) is 9.53 Å². The van der Waals surface area contributed by atoms with Gasteiger partial charge in [0.05, 0.1) is 17.4 Å². The first-order chi connectivity index (χ1) is 14.9. The fraction of sp³-hybridized carbons (Fsp3) is 0.160. The van der Waals surface area contributed by atoms with Crippen LogP contribution in [0.4, 0.5) is 5.69 Å². The highest BCUT2D eigenvalue weighted by Gasteiger charge is 2.16. The summed E-state index contributed by atoms with van der Waals surface area (Å²) in [4.78, 5) is 37.3. The normalized spacial score (nSPS) is 10.4. The monoisotopic (exact) mass is 417 g/mol. The van der Waals surface area contributed by atoms with Crippen molar-refractivity contribution in [3.8, 4) is 5.75 Å². The van der Waals surface area contributed by atoms with Crippen molar-refractivity contribution < 1.29 is 23.9 Å². The van der Waals surface area contributed by atoms with Crippen molar-refractivity contribution in [2.75, 3.05) is 11.9 Å². The average Bonchev–Trinajstić information content (AvgIpc) is 2.78. The van der Waals surface area contributed by atoms with Crippen molar-refractivity contribution in [2.24, 2.45) is 0 Å². The topological polar surface area (TPSA) is 81.7 Å². The van der Waals surface area contributed by atoms with Gasteiger partial charge in [-0.2, -0.15) is 0 Å². The molecule has 1 amide bonds. The molecule has 0 saturated carbocycles. The second-order valence-corrected chi connectivity index (χ2v) is 7.06. The third kappa shape index (κ3) is 6.02. The summed E-state index contributed by atoms with van der Waals surface area (Å²) in [5, 5.41) is 2.64. The van der Waals surface area contributed by atoms with E-state index in [1.54, 1.807) is 72.8 Å². The number of amides is 1. The first-order valence-electron chi connectivity index (χ1n) is 9.86. The van der Waals surface area contributed by atoms with Crippen LogP contribution in [0.15, 0.2) is 78.9 Å². The summed E-state index contributed by atoms with van der Waals surface area (Å²) < 4.78 is 10.6. The predicted octanol–water partition coefficient (Wildman–Crippen LogP) is 4.50. The highest BCUT2D eigenvalue weighted by molar-refractivity contribution is 6.13. The summed E-state index contributed by atoms with van der Waals surface area (Å²) >= 11 is 0. The van der Waals surface area contributed by atoms with Gasteiger partial charge in [0, 0.05) is 11.1 Å². The smallest absolute Gasteiger partial charge is 0.338 e. The summed E-state index contributed by atoms with van der Waals surface area (Å²) in [5.74, 6) is -0.734. The molecule has 0 aliphatic carbocycles. The Morgan fingerprint density at radius 3 is 2.13 bits per heavy atom. The minimum Gasteiger partial charge on any atom is -0.491 e. The van der Waals surface area contributed by atoms with Crippen LogP contribution >= 0.6 is 0 Å². The number of esters is 1. The number of hydrogen-bond donors (Lipinski definition) is 1. The molecule has 3 rings (SSSR count). The lowest BCUT2D eigenvalue weighted by atomic mass is 10.0. The predicted molar refractivity (Wildman–Crippen MR) is 117 cm³/mol. The molecular formula is C25H23NO5. The van der Waals surface area contributed by atoms with Gasteiger partial charge < -0.3 is 14.8 Å². The lowest BCUT2D eigenvalue weighted by molar-refractivity contribution is -0.119. The molecule has 0 spiro atoms. The average molecular weight is 417 g/mol. The van der Waals surface area contributed by atoms with Gasteiger partial charge in [0.1, 0.15) is 5.75 Å². The van der Waals surface area contributed by atoms with Gasteiger partial charge in [-0.15, -0.1) is 0 Å². The van der Waals surface area contributed by atoms with E-state index in [0.29, 0.717) is 28.1 Å². The molecule has 3 aromatic rings. The van der Waals surface area contributed by atoms with Gasteiger partial charge in [-0.05, 0) is 50.2 Å². The number of benzene rings is 3. The fourth-order valence-electron chi connectivity index (χ4n) is 2.88. The van der Waals surface area contributed by atoms with Crippen molar-refractivity contribution in [3.05, 3.63) is 95.6 Å². The summed E-state index contributed by atoms with van der Waals surface area (Å²) in [6, 6.07) is 22.0. The summed E-state index contributed by atoms with van der Waals surface area (Å²) in [5.41, 5.74) is 1.53. The highest BCUT2D eigenvalue weighted by Crippen LogP contribution is 2.19. The Labute approximate surface area is 180 Å². The lowest BCUT2D eigenvalue weighted by Crippen LogP contribution is -2.22. The van der Waals surface area contributed by atoms with E-state index in [1.165, 1.54) is 0 Å². The summed E-state index contributed by atoms with van der Waals surface area (Å²) in [7, 11) is 0. The van der Waals surface area contributed by atoms with Crippen molar-refractivity contribution in [1.29, 1.82) is 0 Å². The van der Waals surface area contributed by atoms with Gasteiger partial charge >= 0.3 is 5.97 Å². The van der Waals surface area contributed by atoms with E-state index in [2.05, 4.69) is 5.32 Å². The number of hydrogen-bond acceptors (Lipinski definition) is 5. The van der Waals surface area contributed by atoms with Crippen molar-refractivity contribution in [3.63, 3.8) is 0 Å². The number of anilines is 1. The second kappa shape index (κ2) is 10.2. The van der Waals surface area contributed by atoms with Crippen LogP contribution < -0.4 is 10.1 Å². The Kier molecular flexibility index (Phi) is 7.17. The first-order valence-corrected chi connectivity index (χ1v) is 9.86. The molecule has 158 valence electrons. The van der Waals surface area contributed by atoms with Gasteiger partial charge in [-0.3, -0.25) is 9.59 Å². The Hall–Kier alpha value is -3.93. The number of nitrogens with one attached hydrogen (secondary N) is 1. The molecule has 0 heterocycles. The molecule has 6 nitrogen and oxygen atoms in total. The Morgan fingerprint density at radius 1 is 0.806 bits per heavy atom. The van der Waals surface area contributed by atoms with E-state index in [4.69, 9.17) is 9.47 Å². The summed E-state index contributed by atoms with van der Waals surface area (Å²) in [6.45, 7) is 3.34. The van der Waals surface area contributed by atoms with Crippen molar-refractivity contribution in [2.45, 2.75) is 20.0 Å². The van der Waals surface area contributed by atoms with Crippen molar-refractivity contribution >= 4 is 23.3 Å². The largest absolute Gasteiger partial charge is 0.491 e. The van der Waals surface area contributed by atoms with Crippen molar-refractivity contribution in [1.82, 2.24) is 0 Å². The van der Waals surface area contributed by atoms with E-state index in [0.717, 1.165) is 0 Å². The van der Waals surface area contributed by atoms with E-state index in [9.17, 15) is 14.4 Å². The zero-order chi connectivity index (χ0) is 22.2. The Balaban J connectivity index is 1.60. The van der Waals surface area contributed by atoms with Crippen LogP contribution in [0.5, 0.6) is 5.75 Å². The van der Waals surface area contributed by atoms with Crippen LogP contribution in [0.1, 0.15) is 40.1 Å². The van der Waals surface area contributed by atoms with E-state index in [1.807, 2.05) is 19.9 Å². The number of carbonyl (C=O) groups is 3. The zero-order valence-electron chi connectivity index (χ0n) is 17.3. The number of ether oxygens (including phenoxy) is 2. The van der Waals surface area contributed by atoms with E-state index in [-0.39, 0.29) is 11.9 Å². The van der Waals surface area contributed by atoms with Gasteiger partial charge in [0.15, 0.2) is 12.4 Å². The Bertz CT molecular complexity index is 1060. The maximum Gasteiger partial charge on any atom is 0.338 e. The highest BCUT2D eigenvalue weighted by atomic mass is 16.5. The first kappa shape index (κ1) is 21.8. The minimum atomic E-state index is -0.625.